The summed E-state index contributed by atoms with van der Waals surface area (Å²) in [6, 6.07) is 13.4. The highest BCUT2D eigenvalue weighted by Crippen LogP contribution is 2.35. The molecule has 150 valence electrons. The van der Waals surface area contributed by atoms with Crippen molar-refractivity contribution in [2.45, 2.75) is 32.1 Å². The first-order valence-electron chi connectivity index (χ1n) is 9.54. The van der Waals surface area contributed by atoms with E-state index in [1.807, 2.05) is 18.2 Å². The lowest BCUT2D eigenvalue weighted by Crippen LogP contribution is -2.24. The molecule has 0 N–H and O–H groups in total. The van der Waals surface area contributed by atoms with E-state index >= 15 is 0 Å². The van der Waals surface area contributed by atoms with Crippen LogP contribution in [0.2, 0.25) is 5.02 Å². The second-order valence-corrected chi connectivity index (χ2v) is 7.86. The normalized spacial score (nSPS) is 16.7. The minimum Gasteiger partial charge on any atom is -0.495 e. The van der Waals surface area contributed by atoms with Crippen molar-refractivity contribution in [2.24, 2.45) is 0 Å². The Morgan fingerprint density at radius 1 is 1.21 bits per heavy atom. The lowest BCUT2D eigenvalue weighted by Gasteiger charge is -2.17. The summed E-state index contributed by atoms with van der Waals surface area (Å²) < 4.78 is 10.7. The number of hydrogen-bond donors (Lipinski definition) is 0. The van der Waals surface area contributed by atoms with E-state index in [4.69, 9.17) is 20.9 Å². The van der Waals surface area contributed by atoms with E-state index in [1.165, 1.54) is 5.56 Å². The monoisotopic (exact) mass is 411 g/mol. The van der Waals surface area contributed by atoms with Crippen LogP contribution >= 0.6 is 11.6 Å². The Balaban J connectivity index is 1.52. The Kier molecular flexibility index (Phi) is 5.28. The van der Waals surface area contributed by atoms with Gasteiger partial charge in [-0.3, -0.25) is 4.79 Å². The van der Waals surface area contributed by atoms with Gasteiger partial charge < -0.3 is 14.2 Å². The third-order valence-corrected chi connectivity index (χ3v) is 5.49. The first kappa shape index (κ1) is 19.5. The van der Waals surface area contributed by atoms with Crippen LogP contribution in [0.1, 0.15) is 43.6 Å². The molecule has 7 heteroatoms. The van der Waals surface area contributed by atoms with Crippen LogP contribution in [0.5, 0.6) is 5.75 Å². The number of methoxy groups -OCH3 is 1. The summed E-state index contributed by atoms with van der Waals surface area (Å²) >= 11 is 6.21. The number of halogens is 1. The number of rotatable bonds is 5. The van der Waals surface area contributed by atoms with Gasteiger partial charge in [-0.25, -0.2) is 0 Å². The van der Waals surface area contributed by atoms with Gasteiger partial charge in [0.05, 0.1) is 18.1 Å². The lowest BCUT2D eigenvalue weighted by molar-refractivity contribution is -0.117. The minimum atomic E-state index is -0.153. The quantitative estimate of drug-likeness (QED) is 0.588. The summed E-state index contributed by atoms with van der Waals surface area (Å²) in [5, 5.41) is 4.58. The topological polar surface area (TPSA) is 68.5 Å². The zero-order valence-electron chi connectivity index (χ0n) is 16.6. The Labute approximate surface area is 174 Å². The average molecular weight is 412 g/mol. The second kappa shape index (κ2) is 7.87. The second-order valence-electron chi connectivity index (χ2n) is 7.46. The fourth-order valence-corrected chi connectivity index (χ4v) is 3.73. The average Bonchev–Trinajstić information content (AvgIpc) is 3.35. The van der Waals surface area contributed by atoms with Crippen molar-refractivity contribution >= 4 is 23.2 Å². The highest BCUT2D eigenvalue weighted by Gasteiger charge is 2.35. The lowest BCUT2D eigenvalue weighted by atomic mass is 10.0. The number of ether oxygens (including phenoxy) is 1. The molecular weight excluding hydrogens is 390 g/mol. The Morgan fingerprint density at radius 3 is 2.62 bits per heavy atom. The van der Waals surface area contributed by atoms with E-state index in [1.54, 1.807) is 24.1 Å². The van der Waals surface area contributed by atoms with E-state index in [9.17, 15) is 4.79 Å². The van der Waals surface area contributed by atoms with Crippen LogP contribution in [0.3, 0.4) is 0 Å². The van der Waals surface area contributed by atoms with E-state index in [2.05, 4.69) is 36.1 Å². The molecule has 29 heavy (non-hydrogen) atoms. The number of carbonyl (C=O) groups is 1. The SMILES string of the molecule is COc1ccc(N2CC(c3nc(-c4ccc(C(C)C)cc4)no3)CC2=O)cc1Cl. The van der Waals surface area contributed by atoms with E-state index in [0.717, 1.165) is 11.3 Å². The maximum atomic E-state index is 12.6. The molecule has 1 saturated heterocycles. The molecule has 1 aliphatic heterocycles. The van der Waals surface area contributed by atoms with Crippen LogP contribution < -0.4 is 9.64 Å². The number of hydrogen-bond acceptors (Lipinski definition) is 5. The Hall–Kier alpha value is -2.86. The molecule has 1 unspecified atom stereocenters. The van der Waals surface area contributed by atoms with Crippen molar-refractivity contribution in [3.8, 4) is 17.1 Å². The van der Waals surface area contributed by atoms with Gasteiger partial charge in [-0.05, 0) is 29.7 Å². The van der Waals surface area contributed by atoms with Crippen LogP contribution in [0, 0.1) is 0 Å². The number of anilines is 1. The van der Waals surface area contributed by atoms with Gasteiger partial charge in [0, 0.05) is 24.2 Å². The van der Waals surface area contributed by atoms with Crippen LogP contribution in [0.25, 0.3) is 11.4 Å². The smallest absolute Gasteiger partial charge is 0.232 e. The Bertz CT molecular complexity index is 1030. The maximum Gasteiger partial charge on any atom is 0.232 e. The molecule has 6 nitrogen and oxygen atoms in total. The molecule has 1 atom stereocenters. The predicted octanol–water partition coefficient (Wildman–Crippen LogP) is 5.04. The number of nitrogens with zero attached hydrogens (tertiary/aromatic N) is 3. The summed E-state index contributed by atoms with van der Waals surface area (Å²) in [4.78, 5) is 18.8. The molecule has 2 heterocycles. The van der Waals surface area contributed by atoms with Crippen LogP contribution in [0.4, 0.5) is 5.69 Å². The standard InChI is InChI=1S/C22H22ClN3O3/c1-13(2)14-4-6-15(7-5-14)21-24-22(29-25-21)16-10-20(27)26(12-16)17-8-9-19(28-3)18(23)11-17/h4-9,11,13,16H,10,12H2,1-3H3. The van der Waals surface area contributed by atoms with Crippen molar-refractivity contribution in [1.29, 1.82) is 0 Å². The number of amides is 1. The van der Waals surface area contributed by atoms with Crippen molar-refractivity contribution in [3.05, 3.63) is 58.9 Å². The van der Waals surface area contributed by atoms with E-state index in [-0.39, 0.29) is 11.8 Å². The fraction of sp³-hybridized carbons (Fsp3) is 0.318. The Morgan fingerprint density at radius 2 is 1.97 bits per heavy atom. The van der Waals surface area contributed by atoms with Crippen molar-refractivity contribution in [2.75, 3.05) is 18.6 Å². The minimum absolute atomic E-state index is 0.00253. The van der Waals surface area contributed by atoms with Gasteiger partial charge in [0.25, 0.3) is 0 Å². The largest absolute Gasteiger partial charge is 0.495 e. The van der Waals surface area contributed by atoms with E-state index < -0.39 is 0 Å². The van der Waals surface area contributed by atoms with Gasteiger partial charge >= 0.3 is 0 Å². The first-order chi connectivity index (χ1) is 14.0. The molecule has 1 aliphatic rings. The molecule has 0 aliphatic carbocycles. The predicted molar refractivity (Wildman–Crippen MR) is 112 cm³/mol. The zero-order chi connectivity index (χ0) is 20.5. The third-order valence-electron chi connectivity index (χ3n) is 5.20. The van der Waals surface area contributed by atoms with Gasteiger partial charge in [-0.15, -0.1) is 0 Å². The van der Waals surface area contributed by atoms with Gasteiger partial charge in [0.15, 0.2) is 0 Å². The zero-order valence-corrected chi connectivity index (χ0v) is 17.3. The summed E-state index contributed by atoms with van der Waals surface area (Å²) in [5.41, 5.74) is 2.88. The highest BCUT2D eigenvalue weighted by atomic mass is 35.5. The fourth-order valence-electron chi connectivity index (χ4n) is 3.48. The molecule has 0 spiro atoms. The van der Waals surface area contributed by atoms with Crippen LogP contribution in [0.15, 0.2) is 47.0 Å². The van der Waals surface area contributed by atoms with Crippen molar-refractivity contribution in [1.82, 2.24) is 10.1 Å². The molecule has 0 saturated carbocycles. The third kappa shape index (κ3) is 3.85. The van der Waals surface area contributed by atoms with Crippen molar-refractivity contribution in [3.63, 3.8) is 0 Å². The van der Waals surface area contributed by atoms with Gasteiger partial charge in [0.1, 0.15) is 5.75 Å². The van der Waals surface area contributed by atoms with Crippen LogP contribution in [-0.2, 0) is 4.79 Å². The van der Waals surface area contributed by atoms with Gasteiger partial charge in [0.2, 0.25) is 17.6 Å². The summed E-state index contributed by atoms with van der Waals surface area (Å²) in [6.45, 7) is 4.77. The molecule has 2 aromatic carbocycles. The molecule has 1 aromatic heterocycles. The number of carbonyl (C=O) groups excluding carboxylic acids is 1. The van der Waals surface area contributed by atoms with Gasteiger partial charge in [-0.1, -0.05) is 54.9 Å². The molecular formula is C22H22ClN3O3. The van der Waals surface area contributed by atoms with E-state index in [0.29, 0.717) is 41.4 Å². The van der Waals surface area contributed by atoms with Gasteiger partial charge in [-0.2, -0.15) is 4.98 Å². The molecule has 1 fully saturated rings. The first-order valence-corrected chi connectivity index (χ1v) is 9.92. The number of aromatic nitrogens is 2. The molecule has 1 amide bonds. The molecule has 0 radical (unpaired) electrons. The van der Waals surface area contributed by atoms with Crippen molar-refractivity contribution < 1.29 is 14.1 Å². The summed E-state index contributed by atoms with van der Waals surface area (Å²) in [7, 11) is 1.56. The van der Waals surface area contributed by atoms with Crippen LogP contribution in [-0.4, -0.2) is 29.7 Å². The molecule has 4 rings (SSSR count). The highest BCUT2D eigenvalue weighted by molar-refractivity contribution is 6.32. The molecule has 0 bridgehead atoms. The maximum absolute atomic E-state index is 12.6. The summed E-state index contributed by atoms with van der Waals surface area (Å²) in [5.74, 6) is 1.89. The molecule has 3 aromatic rings. The number of benzene rings is 2. The summed E-state index contributed by atoms with van der Waals surface area (Å²) in [6.07, 6.45) is 0.317.